The molecule has 0 aliphatic rings. The highest BCUT2D eigenvalue weighted by Gasteiger charge is 1.99. The molecule has 1 heterocycles. The second-order valence-corrected chi connectivity index (χ2v) is 3.44. The maximum absolute atomic E-state index is 5.67. The van der Waals surface area contributed by atoms with Crippen molar-refractivity contribution in [3.63, 3.8) is 0 Å². The molecular weight excluding hydrogens is 164 g/mol. The van der Waals surface area contributed by atoms with Gasteiger partial charge in [0.05, 0.1) is 18.5 Å². The SMILES string of the molecule is CC(C)CCOc1cnccc1N. The Morgan fingerprint density at radius 3 is 2.92 bits per heavy atom. The summed E-state index contributed by atoms with van der Waals surface area (Å²) in [6.07, 6.45) is 4.34. The van der Waals surface area contributed by atoms with Crippen molar-refractivity contribution in [2.75, 3.05) is 12.3 Å². The van der Waals surface area contributed by atoms with Crippen molar-refractivity contribution in [2.45, 2.75) is 20.3 Å². The highest BCUT2D eigenvalue weighted by Crippen LogP contribution is 2.18. The van der Waals surface area contributed by atoms with Gasteiger partial charge < -0.3 is 10.5 Å². The Morgan fingerprint density at radius 1 is 1.54 bits per heavy atom. The van der Waals surface area contributed by atoms with Crippen LogP contribution >= 0.6 is 0 Å². The van der Waals surface area contributed by atoms with E-state index in [9.17, 15) is 0 Å². The van der Waals surface area contributed by atoms with Crippen LogP contribution in [-0.2, 0) is 0 Å². The van der Waals surface area contributed by atoms with E-state index in [1.54, 1.807) is 18.5 Å². The van der Waals surface area contributed by atoms with Gasteiger partial charge >= 0.3 is 0 Å². The third kappa shape index (κ3) is 3.32. The number of nitrogens with two attached hydrogens (primary N) is 1. The highest BCUT2D eigenvalue weighted by atomic mass is 16.5. The zero-order valence-corrected chi connectivity index (χ0v) is 8.16. The first-order valence-corrected chi connectivity index (χ1v) is 4.52. The predicted octanol–water partition coefficient (Wildman–Crippen LogP) is 2.09. The third-order valence-electron chi connectivity index (χ3n) is 1.77. The van der Waals surface area contributed by atoms with Crippen LogP contribution in [0.1, 0.15) is 20.3 Å². The van der Waals surface area contributed by atoms with E-state index in [1.165, 1.54) is 0 Å². The van der Waals surface area contributed by atoms with E-state index in [0.717, 1.165) is 6.42 Å². The summed E-state index contributed by atoms with van der Waals surface area (Å²) >= 11 is 0. The van der Waals surface area contributed by atoms with E-state index in [-0.39, 0.29) is 0 Å². The normalized spacial score (nSPS) is 10.4. The van der Waals surface area contributed by atoms with Gasteiger partial charge in [-0.05, 0) is 18.4 Å². The fourth-order valence-corrected chi connectivity index (χ4v) is 0.916. The Morgan fingerprint density at radius 2 is 2.31 bits per heavy atom. The number of nitrogens with zero attached hydrogens (tertiary/aromatic N) is 1. The minimum absolute atomic E-state index is 0.651. The number of aromatic nitrogens is 1. The summed E-state index contributed by atoms with van der Waals surface area (Å²) in [7, 11) is 0. The Balaban J connectivity index is 2.41. The van der Waals surface area contributed by atoms with E-state index >= 15 is 0 Å². The molecule has 0 aliphatic heterocycles. The van der Waals surface area contributed by atoms with Crippen molar-refractivity contribution in [1.82, 2.24) is 4.98 Å². The molecule has 0 saturated carbocycles. The van der Waals surface area contributed by atoms with Gasteiger partial charge in [-0.25, -0.2) is 0 Å². The number of nitrogen functional groups attached to an aromatic ring is 1. The maximum atomic E-state index is 5.67. The first-order chi connectivity index (χ1) is 6.20. The van der Waals surface area contributed by atoms with Crippen LogP contribution in [0.4, 0.5) is 5.69 Å². The van der Waals surface area contributed by atoms with Crippen molar-refractivity contribution in [3.05, 3.63) is 18.5 Å². The molecule has 1 aromatic heterocycles. The van der Waals surface area contributed by atoms with E-state index in [4.69, 9.17) is 10.5 Å². The molecule has 0 spiro atoms. The van der Waals surface area contributed by atoms with E-state index < -0.39 is 0 Å². The van der Waals surface area contributed by atoms with Gasteiger partial charge in [0.1, 0.15) is 0 Å². The molecule has 0 atom stereocenters. The Bertz CT molecular complexity index is 261. The molecule has 3 heteroatoms. The number of anilines is 1. The number of pyridine rings is 1. The fraction of sp³-hybridized carbons (Fsp3) is 0.500. The molecule has 1 rings (SSSR count). The standard InChI is InChI=1S/C10H16N2O/c1-8(2)4-6-13-10-7-12-5-3-9(10)11/h3,5,7-8H,4,6H2,1-2H3,(H2,11,12). The molecule has 0 aromatic carbocycles. The van der Waals surface area contributed by atoms with Gasteiger partial charge in [0.2, 0.25) is 0 Å². The largest absolute Gasteiger partial charge is 0.490 e. The van der Waals surface area contributed by atoms with Gasteiger partial charge in [0.25, 0.3) is 0 Å². The lowest BCUT2D eigenvalue weighted by Crippen LogP contribution is -2.03. The topological polar surface area (TPSA) is 48.1 Å². The smallest absolute Gasteiger partial charge is 0.160 e. The molecule has 2 N–H and O–H groups in total. The molecule has 0 fully saturated rings. The van der Waals surface area contributed by atoms with Crippen LogP contribution in [0, 0.1) is 5.92 Å². The molecule has 0 aliphatic carbocycles. The van der Waals surface area contributed by atoms with Gasteiger partial charge in [0, 0.05) is 6.20 Å². The van der Waals surface area contributed by atoms with Crippen molar-refractivity contribution in [2.24, 2.45) is 5.92 Å². The summed E-state index contributed by atoms with van der Waals surface area (Å²) in [6, 6.07) is 1.74. The monoisotopic (exact) mass is 180 g/mol. The summed E-state index contributed by atoms with van der Waals surface area (Å²) in [5, 5.41) is 0. The Labute approximate surface area is 78.9 Å². The molecule has 0 radical (unpaired) electrons. The highest BCUT2D eigenvalue weighted by molar-refractivity contribution is 5.49. The molecular formula is C10H16N2O. The van der Waals surface area contributed by atoms with Crippen LogP contribution < -0.4 is 10.5 Å². The second-order valence-electron chi connectivity index (χ2n) is 3.44. The van der Waals surface area contributed by atoms with E-state index in [0.29, 0.717) is 24.0 Å². The van der Waals surface area contributed by atoms with Crippen molar-refractivity contribution < 1.29 is 4.74 Å². The molecule has 1 aromatic rings. The van der Waals surface area contributed by atoms with Crippen LogP contribution in [0.25, 0.3) is 0 Å². The molecule has 0 bridgehead atoms. The van der Waals surface area contributed by atoms with Gasteiger partial charge in [-0.2, -0.15) is 0 Å². The first kappa shape index (κ1) is 9.84. The fourth-order valence-electron chi connectivity index (χ4n) is 0.916. The molecule has 0 amide bonds. The molecule has 13 heavy (non-hydrogen) atoms. The van der Waals surface area contributed by atoms with Gasteiger partial charge in [-0.15, -0.1) is 0 Å². The Hall–Kier alpha value is -1.25. The number of rotatable bonds is 4. The van der Waals surface area contributed by atoms with Crippen molar-refractivity contribution >= 4 is 5.69 Å². The summed E-state index contributed by atoms with van der Waals surface area (Å²) in [5.74, 6) is 1.33. The Kier molecular flexibility index (Phi) is 3.55. The van der Waals surface area contributed by atoms with Crippen LogP contribution in [0.5, 0.6) is 5.75 Å². The second kappa shape index (κ2) is 4.70. The van der Waals surface area contributed by atoms with Gasteiger partial charge in [-0.3, -0.25) is 4.98 Å². The van der Waals surface area contributed by atoms with Crippen molar-refractivity contribution in [3.8, 4) is 5.75 Å². The third-order valence-corrected chi connectivity index (χ3v) is 1.77. The molecule has 72 valence electrons. The minimum Gasteiger partial charge on any atom is -0.490 e. The molecule has 3 nitrogen and oxygen atoms in total. The summed E-state index contributed by atoms with van der Waals surface area (Å²) in [4.78, 5) is 3.94. The lowest BCUT2D eigenvalue weighted by molar-refractivity contribution is 0.290. The number of hydrogen-bond donors (Lipinski definition) is 1. The summed E-state index contributed by atoms with van der Waals surface area (Å²) < 4.78 is 5.46. The average molecular weight is 180 g/mol. The molecule has 0 saturated heterocycles. The zero-order chi connectivity index (χ0) is 9.68. The zero-order valence-electron chi connectivity index (χ0n) is 8.16. The predicted molar refractivity (Wildman–Crippen MR) is 53.6 cm³/mol. The van der Waals surface area contributed by atoms with Gasteiger partial charge in [0.15, 0.2) is 5.75 Å². The van der Waals surface area contributed by atoms with Gasteiger partial charge in [-0.1, -0.05) is 13.8 Å². The average Bonchev–Trinajstić information content (AvgIpc) is 2.08. The summed E-state index contributed by atoms with van der Waals surface area (Å²) in [5.41, 5.74) is 6.32. The molecule has 0 unspecified atom stereocenters. The van der Waals surface area contributed by atoms with E-state index in [2.05, 4.69) is 18.8 Å². The van der Waals surface area contributed by atoms with Crippen LogP contribution in [0.2, 0.25) is 0 Å². The lowest BCUT2D eigenvalue weighted by Gasteiger charge is -2.08. The summed E-state index contributed by atoms with van der Waals surface area (Å²) in [6.45, 7) is 5.03. The van der Waals surface area contributed by atoms with Crippen molar-refractivity contribution in [1.29, 1.82) is 0 Å². The van der Waals surface area contributed by atoms with Crippen LogP contribution in [-0.4, -0.2) is 11.6 Å². The quantitative estimate of drug-likeness (QED) is 0.771. The number of hydrogen-bond acceptors (Lipinski definition) is 3. The number of ether oxygens (including phenoxy) is 1. The van der Waals surface area contributed by atoms with Crippen LogP contribution in [0.15, 0.2) is 18.5 Å². The van der Waals surface area contributed by atoms with Crippen LogP contribution in [0.3, 0.4) is 0 Å². The first-order valence-electron chi connectivity index (χ1n) is 4.52. The lowest BCUT2D eigenvalue weighted by atomic mass is 10.1. The maximum Gasteiger partial charge on any atom is 0.160 e. The minimum atomic E-state index is 0.651. The van der Waals surface area contributed by atoms with E-state index in [1.807, 2.05) is 0 Å².